The van der Waals surface area contributed by atoms with E-state index >= 15 is 0 Å². The number of aromatic nitrogens is 1. The fraction of sp³-hybridized carbons (Fsp3) is 0.389. The summed E-state index contributed by atoms with van der Waals surface area (Å²) in [6, 6.07) is 13.7. The molecule has 4 nitrogen and oxygen atoms in total. The molecule has 0 amide bonds. The first kappa shape index (κ1) is 16.1. The van der Waals surface area contributed by atoms with Crippen LogP contribution in [0.15, 0.2) is 59.8 Å². The molecule has 1 aliphatic heterocycles. The van der Waals surface area contributed by atoms with Gasteiger partial charge in [-0.1, -0.05) is 30.3 Å². The molecular weight excluding hydrogens is 308 g/mol. The topological polar surface area (TPSA) is 50.3 Å². The van der Waals surface area contributed by atoms with Gasteiger partial charge in [0.15, 0.2) is 0 Å². The van der Waals surface area contributed by atoms with E-state index < -0.39 is 10.0 Å². The molecule has 23 heavy (non-hydrogen) atoms. The Morgan fingerprint density at radius 1 is 1.13 bits per heavy atom. The summed E-state index contributed by atoms with van der Waals surface area (Å²) >= 11 is 0. The predicted molar refractivity (Wildman–Crippen MR) is 90.5 cm³/mol. The van der Waals surface area contributed by atoms with Crippen LogP contribution in [-0.4, -0.2) is 30.8 Å². The van der Waals surface area contributed by atoms with E-state index in [9.17, 15) is 8.42 Å². The molecule has 2 heterocycles. The summed E-state index contributed by atoms with van der Waals surface area (Å²) in [5.41, 5.74) is 1.32. The monoisotopic (exact) mass is 330 g/mol. The van der Waals surface area contributed by atoms with Crippen molar-refractivity contribution in [2.45, 2.75) is 30.6 Å². The van der Waals surface area contributed by atoms with Crippen LogP contribution in [0.4, 0.5) is 0 Å². The molecule has 0 bridgehead atoms. The number of aryl methyl sites for hydroxylation is 1. The SMILES string of the molecule is O=S(=O)(c1cccnc1)N1CCC[C@@H](CCc2ccccc2)C1. The highest BCUT2D eigenvalue weighted by Crippen LogP contribution is 2.26. The van der Waals surface area contributed by atoms with Gasteiger partial charge < -0.3 is 0 Å². The van der Waals surface area contributed by atoms with Crippen LogP contribution in [-0.2, 0) is 16.4 Å². The second kappa shape index (κ2) is 7.23. The zero-order valence-electron chi connectivity index (χ0n) is 13.1. The molecule has 5 heteroatoms. The fourth-order valence-electron chi connectivity index (χ4n) is 3.15. The first-order valence-electron chi connectivity index (χ1n) is 8.10. The smallest absolute Gasteiger partial charge is 0.244 e. The van der Waals surface area contributed by atoms with E-state index in [0.717, 1.165) is 25.7 Å². The molecule has 2 aromatic rings. The average molecular weight is 330 g/mol. The van der Waals surface area contributed by atoms with Crippen molar-refractivity contribution in [1.29, 1.82) is 0 Å². The van der Waals surface area contributed by atoms with Crippen LogP contribution in [0.25, 0.3) is 0 Å². The van der Waals surface area contributed by atoms with Crippen molar-refractivity contribution < 1.29 is 8.42 Å². The lowest BCUT2D eigenvalue weighted by Crippen LogP contribution is -2.40. The number of pyridine rings is 1. The van der Waals surface area contributed by atoms with Crippen LogP contribution < -0.4 is 0 Å². The van der Waals surface area contributed by atoms with Gasteiger partial charge in [-0.3, -0.25) is 4.98 Å². The Bertz CT molecular complexity index is 717. The van der Waals surface area contributed by atoms with E-state index in [1.54, 1.807) is 22.6 Å². The quantitative estimate of drug-likeness (QED) is 0.846. The minimum absolute atomic E-state index is 0.295. The van der Waals surface area contributed by atoms with E-state index in [-0.39, 0.29) is 0 Å². The van der Waals surface area contributed by atoms with Gasteiger partial charge in [-0.15, -0.1) is 0 Å². The Kier molecular flexibility index (Phi) is 5.08. The Morgan fingerprint density at radius 3 is 2.70 bits per heavy atom. The minimum Gasteiger partial charge on any atom is -0.263 e. The zero-order chi connectivity index (χ0) is 16.1. The lowest BCUT2D eigenvalue weighted by atomic mass is 9.93. The molecule has 3 rings (SSSR count). The summed E-state index contributed by atoms with van der Waals surface area (Å²) < 4.78 is 27.0. The van der Waals surface area contributed by atoms with Crippen molar-refractivity contribution in [3.05, 3.63) is 60.4 Å². The van der Waals surface area contributed by atoms with E-state index in [1.165, 1.54) is 11.8 Å². The van der Waals surface area contributed by atoms with Crippen LogP contribution in [0, 0.1) is 5.92 Å². The highest BCUT2D eigenvalue weighted by atomic mass is 32.2. The van der Waals surface area contributed by atoms with Crippen molar-refractivity contribution in [2.75, 3.05) is 13.1 Å². The average Bonchev–Trinajstić information content (AvgIpc) is 2.62. The van der Waals surface area contributed by atoms with Gasteiger partial charge in [-0.05, 0) is 49.3 Å². The maximum atomic E-state index is 12.7. The second-order valence-electron chi connectivity index (χ2n) is 6.08. The summed E-state index contributed by atoms with van der Waals surface area (Å²) in [4.78, 5) is 4.23. The van der Waals surface area contributed by atoms with Gasteiger partial charge in [0, 0.05) is 25.5 Å². The van der Waals surface area contributed by atoms with Crippen LogP contribution in [0.5, 0.6) is 0 Å². The summed E-state index contributed by atoms with van der Waals surface area (Å²) in [7, 11) is -3.41. The second-order valence-corrected chi connectivity index (χ2v) is 8.02. The number of hydrogen-bond acceptors (Lipinski definition) is 3. The van der Waals surface area contributed by atoms with Gasteiger partial charge in [0.25, 0.3) is 0 Å². The molecule has 1 aliphatic rings. The van der Waals surface area contributed by atoms with E-state index in [2.05, 4.69) is 29.2 Å². The molecule has 1 aromatic carbocycles. The molecule has 0 radical (unpaired) electrons. The molecular formula is C18H22N2O2S. The standard InChI is InChI=1S/C18H22N2O2S/c21-23(22,18-9-4-12-19-14-18)20-13-5-8-17(15-20)11-10-16-6-2-1-3-7-16/h1-4,6-7,9,12,14,17H,5,8,10-11,13,15H2/t17-/m0/s1. The first-order chi connectivity index (χ1) is 11.2. The summed E-state index contributed by atoms with van der Waals surface area (Å²) in [5, 5.41) is 0. The fourth-order valence-corrected chi connectivity index (χ4v) is 4.66. The number of hydrogen-bond donors (Lipinski definition) is 0. The Morgan fingerprint density at radius 2 is 1.96 bits per heavy atom. The number of benzene rings is 1. The Balaban J connectivity index is 1.64. The Labute approximate surface area is 138 Å². The van der Waals surface area contributed by atoms with Gasteiger partial charge in [0.05, 0.1) is 0 Å². The third-order valence-electron chi connectivity index (χ3n) is 4.44. The summed E-state index contributed by atoms with van der Waals surface area (Å²) in [6.45, 7) is 1.23. The molecule has 0 spiro atoms. The summed E-state index contributed by atoms with van der Waals surface area (Å²) in [6.07, 6.45) is 7.10. The van der Waals surface area contributed by atoms with Gasteiger partial charge in [-0.25, -0.2) is 8.42 Å². The van der Waals surface area contributed by atoms with Crippen molar-refractivity contribution in [3.8, 4) is 0 Å². The highest BCUT2D eigenvalue weighted by molar-refractivity contribution is 7.89. The number of sulfonamides is 1. The third-order valence-corrected chi connectivity index (χ3v) is 6.29. The largest absolute Gasteiger partial charge is 0.263 e. The lowest BCUT2D eigenvalue weighted by molar-refractivity contribution is 0.256. The Hall–Kier alpha value is -1.72. The molecule has 1 saturated heterocycles. The molecule has 0 aliphatic carbocycles. The molecule has 1 fully saturated rings. The molecule has 122 valence electrons. The van der Waals surface area contributed by atoms with Gasteiger partial charge in [0.2, 0.25) is 10.0 Å². The number of nitrogens with zero attached hydrogens (tertiary/aromatic N) is 2. The predicted octanol–water partition coefficient (Wildman–Crippen LogP) is 3.12. The van der Waals surface area contributed by atoms with E-state index in [0.29, 0.717) is 23.9 Å². The number of piperidine rings is 1. The van der Waals surface area contributed by atoms with Crippen molar-refractivity contribution >= 4 is 10.0 Å². The molecule has 0 saturated carbocycles. The van der Waals surface area contributed by atoms with Gasteiger partial charge in [0.1, 0.15) is 4.90 Å². The van der Waals surface area contributed by atoms with Crippen LogP contribution >= 0.6 is 0 Å². The molecule has 0 unspecified atom stereocenters. The van der Waals surface area contributed by atoms with Crippen LogP contribution in [0.1, 0.15) is 24.8 Å². The van der Waals surface area contributed by atoms with Crippen molar-refractivity contribution in [1.82, 2.24) is 9.29 Å². The van der Waals surface area contributed by atoms with Crippen LogP contribution in [0.2, 0.25) is 0 Å². The van der Waals surface area contributed by atoms with E-state index in [1.807, 2.05) is 6.07 Å². The minimum atomic E-state index is -3.41. The third kappa shape index (κ3) is 3.98. The van der Waals surface area contributed by atoms with E-state index in [4.69, 9.17) is 0 Å². The highest BCUT2D eigenvalue weighted by Gasteiger charge is 2.30. The molecule has 1 aromatic heterocycles. The normalized spacial score (nSPS) is 19.6. The van der Waals surface area contributed by atoms with Crippen LogP contribution in [0.3, 0.4) is 0 Å². The zero-order valence-corrected chi connectivity index (χ0v) is 14.0. The van der Waals surface area contributed by atoms with Gasteiger partial charge in [-0.2, -0.15) is 4.31 Å². The molecule has 0 N–H and O–H groups in total. The maximum absolute atomic E-state index is 12.7. The maximum Gasteiger partial charge on any atom is 0.244 e. The number of rotatable bonds is 5. The van der Waals surface area contributed by atoms with Crippen molar-refractivity contribution in [2.24, 2.45) is 5.92 Å². The summed E-state index contributed by atoms with van der Waals surface area (Å²) in [5.74, 6) is 0.426. The molecule has 1 atom stereocenters. The van der Waals surface area contributed by atoms with Crippen molar-refractivity contribution in [3.63, 3.8) is 0 Å². The first-order valence-corrected chi connectivity index (χ1v) is 9.54. The lowest BCUT2D eigenvalue weighted by Gasteiger charge is -2.32. The van der Waals surface area contributed by atoms with Gasteiger partial charge >= 0.3 is 0 Å².